The van der Waals surface area contributed by atoms with Gasteiger partial charge in [0.2, 0.25) is 5.89 Å². The number of nitrogens with zero attached hydrogens (tertiary/aromatic N) is 2. The summed E-state index contributed by atoms with van der Waals surface area (Å²) in [6.07, 6.45) is 0. The number of halogens is 1. The summed E-state index contributed by atoms with van der Waals surface area (Å²) in [5.74, 6) is 2.15. The van der Waals surface area contributed by atoms with Crippen LogP contribution in [0.1, 0.15) is 43.7 Å². The van der Waals surface area contributed by atoms with Gasteiger partial charge in [-0.2, -0.15) is 0 Å². The third kappa shape index (κ3) is 8.71. The topological polar surface area (TPSA) is 104 Å². The standard InChI is InChI=1S/C20H30N6O2.HI/c1-6-21-19(23-12-18-25-14(4)15(5)28-18)22-11-16-7-9-17(10-8-16)26-20(27)24-13(2)3;/h7-10,13H,6,11-12H2,1-5H3,(H2,21,22,23)(H2,24,26,27);1H. The maximum atomic E-state index is 11.7. The minimum atomic E-state index is -0.212. The predicted octanol–water partition coefficient (Wildman–Crippen LogP) is 3.69. The zero-order chi connectivity index (χ0) is 20.5. The van der Waals surface area contributed by atoms with Gasteiger partial charge >= 0.3 is 6.03 Å². The number of hydrogen-bond donors (Lipinski definition) is 4. The molecular weight excluding hydrogens is 483 g/mol. The number of urea groups is 1. The minimum absolute atomic E-state index is 0. The maximum Gasteiger partial charge on any atom is 0.319 e. The van der Waals surface area contributed by atoms with Crippen LogP contribution >= 0.6 is 24.0 Å². The van der Waals surface area contributed by atoms with E-state index in [0.29, 0.717) is 24.9 Å². The monoisotopic (exact) mass is 514 g/mol. The summed E-state index contributed by atoms with van der Waals surface area (Å²) in [4.78, 5) is 20.7. The van der Waals surface area contributed by atoms with Crippen LogP contribution in [-0.4, -0.2) is 29.6 Å². The summed E-state index contributed by atoms with van der Waals surface area (Å²) < 4.78 is 5.58. The Bertz CT molecular complexity index is 782. The van der Waals surface area contributed by atoms with Crippen molar-refractivity contribution in [1.82, 2.24) is 20.9 Å². The lowest BCUT2D eigenvalue weighted by Gasteiger charge is -2.11. The van der Waals surface area contributed by atoms with Gasteiger partial charge in [-0.15, -0.1) is 24.0 Å². The van der Waals surface area contributed by atoms with Crippen molar-refractivity contribution in [2.45, 2.75) is 53.8 Å². The van der Waals surface area contributed by atoms with Gasteiger partial charge in [0.1, 0.15) is 5.76 Å². The molecule has 0 atom stereocenters. The highest BCUT2D eigenvalue weighted by molar-refractivity contribution is 14.0. The largest absolute Gasteiger partial charge is 0.444 e. The molecule has 0 aliphatic rings. The van der Waals surface area contributed by atoms with Gasteiger partial charge in [-0.05, 0) is 52.3 Å². The van der Waals surface area contributed by atoms with Crippen molar-refractivity contribution in [3.05, 3.63) is 47.2 Å². The molecule has 0 aliphatic carbocycles. The van der Waals surface area contributed by atoms with E-state index in [2.05, 4.69) is 31.2 Å². The second kappa shape index (κ2) is 12.3. The Hall–Kier alpha value is -2.30. The van der Waals surface area contributed by atoms with E-state index in [-0.39, 0.29) is 36.0 Å². The van der Waals surface area contributed by atoms with Gasteiger partial charge < -0.3 is 25.7 Å². The van der Waals surface area contributed by atoms with Gasteiger partial charge in [0.05, 0.1) is 18.8 Å². The van der Waals surface area contributed by atoms with E-state index in [1.807, 2.05) is 58.9 Å². The van der Waals surface area contributed by atoms with Gasteiger partial charge in [0.25, 0.3) is 0 Å². The Morgan fingerprint density at radius 3 is 2.41 bits per heavy atom. The molecule has 0 aliphatic heterocycles. The van der Waals surface area contributed by atoms with Crippen LogP contribution in [0.5, 0.6) is 0 Å². The lowest BCUT2D eigenvalue weighted by Crippen LogP contribution is -2.36. The SMILES string of the molecule is CCNC(=NCc1ccc(NC(=O)NC(C)C)cc1)NCc1nc(C)c(C)o1.I. The first-order chi connectivity index (χ1) is 13.4. The van der Waals surface area contributed by atoms with E-state index in [0.717, 1.165) is 29.2 Å². The quantitative estimate of drug-likeness (QED) is 0.257. The molecule has 2 rings (SSSR count). The second-order valence-corrected chi connectivity index (χ2v) is 6.75. The third-order valence-corrected chi connectivity index (χ3v) is 3.88. The molecule has 2 amide bonds. The summed E-state index contributed by atoms with van der Waals surface area (Å²) in [6.45, 7) is 11.4. The number of aromatic nitrogens is 1. The average molecular weight is 514 g/mol. The van der Waals surface area contributed by atoms with E-state index < -0.39 is 0 Å². The highest BCUT2D eigenvalue weighted by Crippen LogP contribution is 2.11. The normalized spacial score (nSPS) is 11.0. The number of rotatable bonds is 7. The lowest BCUT2D eigenvalue weighted by molar-refractivity contribution is 0.250. The van der Waals surface area contributed by atoms with Crippen molar-refractivity contribution in [2.75, 3.05) is 11.9 Å². The molecule has 0 bridgehead atoms. The molecule has 0 fully saturated rings. The first-order valence-corrected chi connectivity index (χ1v) is 9.49. The second-order valence-electron chi connectivity index (χ2n) is 6.75. The van der Waals surface area contributed by atoms with Crippen LogP contribution in [-0.2, 0) is 13.1 Å². The molecule has 9 heteroatoms. The summed E-state index contributed by atoms with van der Waals surface area (Å²) in [5, 5.41) is 12.0. The smallest absolute Gasteiger partial charge is 0.319 e. The number of anilines is 1. The number of nitrogens with one attached hydrogen (secondary N) is 4. The molecule has 0 spiro atoms. The molecule has 1 aromatic heterocycles. The summed E-state index contributed by atoms with van der Waals surface area (Å²) in [7, 11) is 0. The van der Waals surface area contributed by atoms with Crippen LogP contribution in [0.3, 0.4) is 0 Å². The molecule has 29 heavy (non-hydrogen) atoms. The van der Waals surface area contributed by atoms with Gasteiger partial charge in [-0.1, -0.05) is 12.1 Å². The number of aliphatic imine (C=N–C) groups is 1. The van der Waals surface area contributed by atoms with E-state index >= 15 is 0 Å². The summed E-state index contributed by atoms with van der Waals surface area (Å²) in [5.41, 5.74) is 2.68. The van der Waals surface area contributed by atoms with Crippen LogP contribution in [0.4, 0.5) is 10.5 Å². The van der Waals surface area contributed by atoms with Gasteiger partial charge in [-0.25, -0.2) is 14.8 Å². The molecule has 0 saturated carbocycles. The Morgan fingerprint density at radius 2 is 1.86 bits per heavy atom. The molecule has 4 N–H and O–H groups in total. The first kappa shape index (κ1) is 24.7. The molecule has 1 heterocycles. The lowest BCUT2D eigenvalue weighted by atomic mass is 10.2. The molecule has 2 aromatic rings. The van der Waals surface area contributed by atoms with Crippen LogP contribution in [0.25, 0.3) is 0 Å². The number of aryl methyl sites for hydroxylation is 2. The third-order valence-electron chi connectivity index (χ3n) is 3.88. The van der Waals surface area contributed by atoms with E-state index in [4.69, 9.17) is 4.42 Å². The number of hydrogen-bond acceptors (Lipinski definition) is 4. The molecular formula is C20H31IN6O2. The first-order valence-electron chi connectivity index (χ1n) is 9.49. The molecule has 0 saturated heterocycles. The van der Waals surface area contributed by atoms with Gasteiger partial charge in [-0.3, -0.25) is 0 Å². The fraction of sp³-hybridized carbons (Fsp3) is 0.450. The number of guanidine groups is 1. The number of carbonyl (C=O) groups excluding carboxylic acids is 1. The fourth-order valence-electron chi connectivity index (χ4n) is 2.41. The number of amides is 2. The Balaban J connectivity index is 0.00000420. The number of benzene rings is 1. The van der Waals surface area contributed by atoms with E-state index in [9.17, 15) is 4.79 Å². The molecule has 1 aromatic carbocycles. The van der Waals surface area contributed by atoms with Crippen molar-refractivity contribution in [2.24, 2.45) is 4.99 Å². The fourth-order valence-corrected chi connectivity index (χ4v) is 2.41. The zero-order valence-electron chi connectivity index (χ0n) is 17.6. The van der Waals surface area contributed by atoms with Gasteiger partial charge in [0, 0.05) is 18.3 Å². The summed E-state index contributed by atoms with van der Waals surface area (Å²) >= 11 is 0. The van der Waals surface area contributed by atoms with Crippen LogP contribution in [0, 0.1) is 13.8 Å². The van der Waals surface area contributed by atoms with Crippen molar-refractivity contribution < 1.29 is 9.21 Å². The molecule has 8 nitrogen and oxygen atoms in total. The molecule has 160 valence electrons. The highest BCUT2D eigenvalue weighted by atomic mass is 127. The molecule has 0 radical (unpaired) electrons. The van der Waals surface area contributed by atoms with Crippen molar-refractivity contribution >= 4 is 41.7 Å². The Labute approximate surface area is 189 Å². The Kier molecular flexibility index (Phi) is 10.5. The van der Waals surface area contributed by atoms with Crippen LogP contribution in [0.2, 0.25) is 0 Å². The van der Waals surface area contributed by atoms with Crippen LogP contribution in [0.15, 0.2) is 33.7 Å². The van der Waals surface area contributed by atoms with E-state index in [1.165, 1.54) is 0 Å². The average Bonchev–Trinajstić information content (AvgIpc) is 2.96. The summed E-state index contributed by atoms with van der Waals surface area (Å²) in [6, 6.07) is 7.50. The minimum Gasteiger partial charge on any atom is -0.444 e. The predicted molar refractivity (Wildman–Crippen MR) is 127 cm³/mol. The van der Waals surface area contributed by atoms with Crippen LogP contribution < -0.4 is 21.3 Å². The van der Waals surface area contributed by atoms with E-state index in [1.54, 1.807) is 0 Å². The highest BCUT2D eigenvalue weighted by Gasteiger charge is 2.07. The Morgan fingerprint density at radius 1 is 1.17 bits per heavy atom. The number of carbonyl (C=O) groups is 1. The van der Waals surface area contributed by atoms with Crippen molar-refractivity contribution in [3.8, 4) is 0 Å². The van der Waals surface area contributed by atoms with Gasteiger partial charge in [0.15, 0.2) is 5.96 Å². The van der Waals surface area contributed by atoms with Crippen molar-refractivity contribution in [3.63, 3.8) is 0 Å². The van der Waals surface area contributed by atoms with Crippen molar-refractivity contribution in [1.29, 1.82) is 0 Å². The number of oxazole rings is 1. The maximum absolute atomic E-state index is 11.7. The zero-order valence-corrected chi connectivity index (χ0v) is 20.0. The molecule has 0 unspecified atom stereocenters.